The molecule has 1 heterocycles. The molecule has 0 saturated heterocycles. The van der Waals surface area contributed by atoms with Gasteiger partial charge in [0.2, 0.25) is 5.82 Å². The lowest BCUT2D eigenvalue weighted by Gasteiger charge is -2.19. The Morgan fingerprint density at radius 1 is 1.12 bits per heavy atom. The Morgan fingerprint density at radius 3 is 2.58 bits per heavy atom. The van der Waals surface area contributed by atoms with Crippen LogP contribution in [0.1, 0.15) is 33.6 Å². The van der Waals surface area contributed by atoms with Crippen molar-refractivity contribution in [2.75, 3.05) is 0 Å². The molecule has 1 atom stereocenters. The van der Waals surface area contributed by atoms with E-state index in [1.165, 1.54) is 0 Å². The summed E-state index contributed by atoms with van der Waals surface area (Å²) in [6.07, 6.45) is 0.652. The molecule has 0 aliphatic heterocycles. The highest BCUT2D eigenvalue weighted by atomic mass is 35.5. The van der Waals surface area contributed by atoms with Crippen molar-refractivity contribution in [3.8, 4) is 5.69 Å². The summed E-state index contributed by atoms with van der Waals surface area (Å²) in [7, 11) is 0. The van der Waals surface area contributed by atoms with E-state index in [0.29, 0.717) is 27.8 Å². The van der Waals surface area contributed by atoms with Crippen molar-refractivity contribution in [1.29, 1.82) is 0 Å². The highest BCUT2D eigenvalue weighted by Gasteiger charge is 2.20. The first-order valence-electron chi connectivity index (χ1n) is 7.20. The summed E-state index contributed by atoms with van der Waals surface area (Å²) in [6.45, 7) is 1.76. The first kappa shape index (κ1) is 16.6. The van der Waals surface area contributed by atoms with Crippen LogP contribution in [0.2, 0.25) is 10.0 Å². The number of hydrogen-bond acceptors (Lipinski definition) is 4. The molecule has 2 N–H and O–H groups in total. The SMILES string of the molecule is Cc1nnc(C=O)n1-c1ccc(Cl)cc1C(N)c1ccccc1Cl. The molecule has 2 aromatic carbocycles. The first-order valence-corrected chi connectivity index (χ1v) is 7.95. The lowest BCUT2D eigenvalue weighted by atomic mass is 9.97. The zero-order valence-electron chi connectivity index (χ0n) is 12.8. The van der Waals surface area contributed by atoms with Crippen LogP contribution in [0.3, 0.4) is 0 Å². The van der Waals surface area contributed by atoms with E-state index >= 15 is 0 Å². The van der Waals surface area contributed by atoms with Crippen molar-refractivity contribution in [2.45, 2.75) is 13.0 Å². The predicted molar refractivity (Wildman–Crippen MR) is 94.0 cm³/mol. The van der Waals surface area contributed by atoms with Gasteiger partial charge in [0, 0.05) is 10.0 Å². The van der Waals surface area contributed by atoms with Gasteiger partial charge in [-0.1, -0.05) is 41.4 Å². The van der Waals surface area contributed by atoms with Gasteiger partial charge in [0.1, 0.15) is 5.82 Å². The maximum Gasteiger partial charge on any atom is 0.201 e. The van der Waals surface area contributed by atoms with Crippen molar-refractivity contribution < 1.29 is 4.79 Å². The quantitative estimate of drug-likeness (QED) is 0.719. The van der Waals surface area contributed by atoms with Crippen LogP contribution >= 0.6 is 23.2 Å². The molecule has 5 nitrogen and oxygen atoms in total. The fraction of sp³-hybridized carbons (Fsp3) is 0.118. The average molecular weight is 361 g/mol. The largest absolute Gasteiger partial charge is 0.320 e. The minimum atomic E-state index is -0.520. The molecule has 0 fully saturated rings. The number of carbonyl (C=O) groups is 1. The number of hydrogen-bond donors (Lipinski definition) is 1. The highest BCUT2D eigenvalue weighted by molar-refractivity contribution is 6.31. The number of nitrogens with zero attached hydrogens (tertiary/aromatic N) is 3. The van der Waals surface area contributed by atoms with Crippen LogP contribution in [0.15, 0.2) is 42.5 Å². The first-order chi connectivity index (χ1) is 11.5. The van der Waals surface area contributed by atoms with Crippen LogP contribution in [-0.2, 0) is 0 Å². The fourth-order valence-corrected chi connectivity index (χ4v) is 3.06. The topological polar surface area (TPSA) is 73.8 Å². The summed E-state index contributed by atoms with van der Waals surface area (Å²) in [5, 5.41) is 8.93. The molecular weight excluding hydrogens is 347 g/mol. The molecule has 122 valence electrons. The Morgan fingerprint density at radius 2 is 1.88 bits per heavy atom. The Balaban J connectivity index is 2.22. The van der Waals surface area contributed by atoms with E-state index in [9.17, 15) is 4.79 Å². The van der Waals surface area contributed by atoms with Crippen molar-refractivity contribution >= 4 is 29.5 Å². The maximum absolute atomic E-state index is 11.3. The van der Waals surface area contributed by atoms with E-state index in [0.717, 1.165) is 11.1 Å². The second kappa shape index (κ2) is 6.73. The molecule has 0 spiro atoms. The molecule has 3 rings (SSSR count). The van der Waals surface area contributed by atoms with Gasteiger partial charge in [-0.05, 0) is 42.3 Å². The molecule has 0 saturated carbocycles. The normalized spacial score (nSPS) is 12.2. The molecule has 0 aliphatic rings. The number of carbonyl (C=O) groups excluding carboxylic acids is 1. The number of aromatic nitrogens is 3. The molecule has 1 aromatic heterocycles. The predicted octanol–water partition coefficient (Wildman–Crippen LogP) is 3.74. The monoisotopic (exact) mass is 360 g/mol. The number of benzene rings is 2. The number of halogens is 2. The molecule has 24 heavy (non-hydrogen) atoms. The average Bonchev–Trinajstić information content (AvgIpc) is 2.95. The van der Waals surface area contributed by atoms with Crippen LogP contribution < -0.4 is 5.73 Å². The number of aldehydes is 1. The minimum absolute atomic E-state index is 0.197. The molecule has 0 amide bonds. The van der Waals surface area contributed by atoms with Crippen molar-refractivity contribution in [1.82, 2.24) is 14.8 Å². The second-order valence-electron chi connectivity index (χ2n) is 5.26. The van der Waals surface area contributed by atoms with E-state index in [2.05, 4.69) is 10.2 Å². The summed E-state index contributed by atoms with van der Waals surface area (Å²) >= 11 is 12.4. The lowest BCUT2D eigenvalue weighted by molar-refractivity contribution is 0.111. The van der Waals surface area contributed by atoms with Gasteiger partial charge in [-0.3, -0.25) is 9.36 Å². The lowest BCUT2D eigenvalue weighted by Crippen LogP contribution is -2.16. The maximum atomic E-state index is 11.3. The third kappa shape index (κ3) is 2.94. The number of rotatable bonds is 4. The fourth-order valence-electron chi connectivity index (χ4n) is 2.63. The number of aryl methyl sites for hydroxylation is 1. The number of nitrogens with two attached hydrogens (primary N) is 1. The Kier molecular flexibility index (Phi) is 4.66. The standard InChI is InChI=1S/C17H14Cl2N4O/c1-10-21-22-16(9-24)23(10)15-7-6-11(18)8-13(15)17(20)12-4-2-3-5-14(12)19/h2-9,17H,20H2,1H3. The second-order valence-corrected chi connectivity index (χ2v) is 6.10. The van der Waals surface area contributed by atoms with Crippen molar-refractivity contribution in [3.63, 3.8) is 0 Å². The zero-order valence-corrected chi connectivity index (χ0v) is 14.3. The van der Waals surface area contributed by atoms with Gasteiger partial charge in [0.15, 0.2) is 6.29 Å². The molecular formula is C17H14Cl2N4O. The van der Waals surface area contributed by atoms with E-state index in [1.54, 1.807) is 35.8 Å². The van der Waals surface area contributed by atoms with Crippen LogP contribution in [0.5, 0.6) is 0 Å². The van der Waals surface area contributed by atoms with E-state index in [-0.39, 0.29) is 5.82 Å². The van der Waals surface area contributed by atoms with Gasteiger partial charge in [0.25, 0.3) is 0 Å². The van der Waals surface area contributed by atoms with Gasteiger partial charge in [-0.25, -0.2) is 0 Å². The molecule has 3 aromatic rings. The molecule has 7 heteroatoms. The van der Waals surface area contributed by atoms with Gasteiger partial charge < -0.3 is 5.73 Å². The van der Waals surface area contributed by atoms with Crippen LogP contribution in [0.4, 0.5) is 0 Å². The van der Waals surface area contributed by atoms with Gasteiger partial charge in [-0.2, -0.15) is 0 Å². The third-order valence-corrected chi connectivity index (χ3v) is 4.34. The van der Waals surface area contributed by atoms with Gasteiger partial charge in [0.05, 0.1) is 11.7 Å². The Hall–Kier alpha value is -2.21. The molecule has 0 radical (unpaired) electrons. The summed E-state index contributed by atoms with van der Waals surface area (Å²) < 4.78 is 1.65. The van der Waals surface area contributed by atoms with Crippen molar-refractivity contribution in [2.24, 2.45) is 5.73 Å². The summed E-state index contributed by atoms with van der Waals surface area (Å²) in [6, 6.07) is 12.1. The Bertz CT molecular complexity index is 907. The summed E-state index contributed by atoms with van der Waals surface area (Å²) in [5.41, 5.74) is 8.63. The van der Waals surface area contributed by atoms with Gasteiger partial charge >= 0.3 is 0 Å². The molecule has 0 bridgehead atoms. The smallest absolute Gasteiger partial charge is 0.201 e. The van der Waals surface area contributed by atoms with Crippen molar-refractivity contribution in [3.05, 3.63) is 75.3 Å². The van der Waals surface area contributed by atoms with E-state index in [1.807, 2.05) is 18.2 Å². The van der Waals surface area contributed by atoms with Crippen LogP contribution in [0, 0.1) is 6.92 Å². The third-order valence-electron chi connectivity index (χ3n) is 3.76. The minimum Gasteiger partial charge on any atom is -0.320 e. The van der Waals surface area contributed by atoms with E-state index < -0.39 is 6.04 Å². The molecule has 0 aliphatic carbocycles. The zero-order chi connectivity index (χ0) is 17.3. The summed E-state index contributed by atoms with van der Waals surface area (Å²) in [4.78, 5) is 11.3. The highest BCUT2D eigenvalue weighted by Crippen LogP contribution is 2.32. The van der Waals surface area contributed by atoms with E-state index in [4.69, 9.17) is 28.9 Å². The van der Waals surface area contributed by atoms with Crippen LogP contribution in [-0.4, -0.2) is 21.1 Å². The summed E-state index contributed by atoms with van der Waals surface area (Å²) in [5.74, 6) is 0.773. The Labute approximate surface area is 149 Å². The molecule has 1 unspecified atom stereocenters. The van der Waals surface area contributed by atoms with Gasteiger partial charge in [-0.15, -0.1) is 10.2 Å². The van der Waals surface area contributed by atoms with Crippen LogP contribution in [0.25, 0.3) is 5.69 Å².